The van der Waals surface area contributed by atoms with Crippen LogP contribution in [0.1, 0.15) is 12.8 Å². The van der Waals surface area contributed by atoms with Gasteiger partial charge in [0.1, 0.15) is 0 Å². The van der Waals surface area contributed by atoms with Crippen LogP contribution in [0.2, 0.25) is 0 Å². The van der Waals surface area contributed by atoms with Crippen LogP contribution in [0.4, 0.5) is 0 Å². The molecule has 0 unspecified atom stereocenters. The van der Waals surface area contributed by atoms with E-state index >= 15 is 0 Å². The molecule has 1 heteroatoms. The molecule has 0 atom stereocenters. The Labute approximate surface area is 73.8 Å². The predicted octanol–water partition coefficient (Wildman–Crippen LogP) is 2.82. The molecule has 0 bridgehead atoms. The Kier molecular flexibility index (Phi) is 5.62. The maximum atomic E-state index is 10.8. The molecule has 0 fully saturated rings. The number of hydrogen-bond donors (Lipinski definition) is 0. The summed E-state index contributed by atoms with van der Waals surface area (Å²) in [6, 6.07) is 0. The van der Waals surface area contributed by atoms with Gasteiger partial charge in [-0.1, -0.05) is 38.0 Å². The molecule has 0 N–H and O–H groups in total. The summed E-state index contributed by atoms with van der Waals surface area (Å²) in [5.74, 6) is 0.0619. The molecule has 0 aliphatic rings. The molecule has 0 rings (SSSR count). The predicted molar refractivity (Wildman–Crippen MR) is 52.9 cm³/mol. The van der Waals surface area contributed by atoms with Gasteiger partial charge in [0.2, 0.25) is 0 Å². The Morgan fingerprint density at radius 2 is 1.75 bits per heavy atom. The molecular formula is C11H14O. The molecule has 0 radical (unpaired) electrons. The van der Waals surface area contributed by atoms with E-state index in [9.17, 15) is 4.79 Å². The van der Waals surface area contributed by atoms with Crippen LogP contribution in [0, 0.1) is 0 Å². The lowest BCUT2D eigenvalue weighted by atomic mass is 10.1. The number of carbonyl (C=O) groups excluding carboxylic acids is 1. The van der Waals surface area contributed by atoms with Crippen LogP contribution < -0.4 is 0 Å². The van der Waals surface area contributed by atoms with Crippen molar-refractivity contribution in [1.29, 1.82) is 0 Å². The van der Waals surface area contributed by atoms with Crippen molar-refractivity contribution in [1.82, 2.24) is 0 Å². The number of rotatable bonds is 6. The molecule has 1 nitrogen and oxygen atoms in total. The SMILES string of the molecule is C=C/C=C(\C=C)CCC(=O)C=C. The van der Waals surface area contributed by atoms with Gasteiger partial charge in [-0.05, 0) is 18.1 Å². The van der Waals surface area contributed by atoms with Crippen LogP contribution in [0.5, 0.6) is 0 Å². The molecule has 0 spiro atoms. The van der Waals surface area contributed by atoms with Crippen molar-refractivity contribution < 1.29 is 4.79 Å². The van der Waals surface area contributed by atoms with E-state index in [4.69, 9.17) is 0 Å². The molecule has 0 aliphatic carbocycles. The first-order valence-electron chi connectivity index (χ1n) is 3.84. The van der Waals surface area contributed by atoms with Gasteiger partial charge < -0.3 is 0 Å². The first-order valence-corrected chi connectivity index (χ1v) is 3.84. The highest BCUT2D eigenvalue weighted by atomic mass is 16.1. The van der Waals surface area contributed by atoms with E-state index in [2.05, 4.69) is 19.7 Å². The molecule has 0 amide bonds. The van der Waals surface area contributed by atoms with Crippen LogP contribution in [0.15, 0.2) is 49.6 Å². The quantitative estimate of drug-likeness (QED) is 0.433. The van der Waals surface area contributed by atoms with Crippen LogP contribution in [-0.2, 0) is 4.79 Å². The van der Waals surface area contributed by atoms with Gasteiger partial charge in [-0.3, -0.25) is 4.79 Å². The second-order valence-corrected chi connectivity index (χ2v) is 2.35. The smallest absolute Gasteiger partial charge is 0.155 e. The van der Waals surface area contributed by atoms with Gasteiger partial charge in [0.05, 0.1) is 0 Å². The van der Waals surface area contributed by atoms with Gasteiger partial charge >= 0.3 is 0 Å². The van der Waals surface area contributed by atoms with E-state index in [-0.39, 0.29) is 5.78 Å². The third kappa shape index (κ3) is 4.45. The first-order chi connectivity index (χ1) is 5.74. The van der Waals surface area contributed by atoms with Gasteiger partial charge in [-0.25, -0.2) is 0 Å². The van der Waals surface area contributed by atoms with Gasteiger partial charge in [-0.2, -0.15) is 0 Å². The third-order valence-electron chi connectivity index (χ3n) is 1.48. The highest BCUT2D eigenvalue weighted by Crippen LogP contribution is 2.06. The monoisotopic (exact) mass is 162 g/mol. The molecule has 64 valence electrons. The van der Waals surface area contributed by atoms with E-state index in [1.54, 1.807) is 12.2 Å². The Balaban J connectivity index is 3.96. The minimum absolute atomic E-state index is 0.0619. The topological polar surface area (TPSA) is 17.1 Å². The normalized spacial score (nSPS) is 10.5. The second-order valence-electron chi connectivity index (χ2n) is 2.35. The van der Waals surface area contributed by atoms with E-state index in [1.165, 1.54) is 6.08 Å². The summed E-state index contributed by atoms with van der Waals surface area (Å²) in [7, 11) is 0. The molecule has 0 aromatic carbocycles. The van der Waals surface area contributed by atoms with Gasteiger partial charge in [0, 0.05) is 6.42 Å². The summed E-state index contributed by atoms with van der Waals surface area (Å²) in [5.41, 5.74) is 1.03. The van der Waals surface area contributed by atoms with Crippen LogP contribution in [0.3, 0.4) is 0 Å². The molecule has 0 saturated carbocycles. The molecule has 0 saturated heterocycles. The summed E-state index contributed by atoms with van der Waals surface area (Å²) in [5, 5.41) is 0. The van der Waals surface area contributed by atoms with E-state index in [0.29, 0.717) is 12.8 Å². The van der Waals surface area contributed by atoms with Crippen LogP contribution >= 0.6 is 0 Å². The van der Waals surface area contributed by atoms with Crippen LogP contribution in [-0.4, -0.2) is 5.78 Å². The minimum Gasteiger partial charge on any atom is -0.295 e. The Morgan fingerprint density at radius 3 is 2.17 bits per heavy atom. The third-order valence-corrected chi connectivity index (χ3v) is 1.48. The standard InChI is InChI=1S/C11H14O/c1-4-7-10(5-2)8-9-11(12)6-3/h4-7H,1-3,8-9H2/b10-7+. The molecule has 0 aromatic heterocycles. The van der Waals surface area contributed by atoms with E-state index in [1.807, 2.05) is 6.08 Å². The van der Waals surface area contributed by atoms with Gasteiger partial charge in [-0.15, -0.1) is 0 Å². The highest BCUT2D eigenvalue weighted by Gasteiger charge is 1.96. The van der Waals surface area contributed by atoms with Crippen molar-refractivity contribution in [3.63, 3.8) is 0 Å². The fourth-order valence-electron chi connectivity index (χ4n) is 0.774. The Bertz CT molecular complexity index is 221. The maximum absolute atomic E-state index is 10.8. The summed E-state index contributed by atoms with van der Waals surface area (Å²) < 4.78 is 0. The van der Waals surface area contributed by atoms with E-state index in [0.717, 1.165) is 5.57 Å². The van der Waals surface area contributed by atoms with Crippen molar-refractivity contribution in [2.45, 2.75) is 12.8 Å². The lowest BCUT2D eigenvalue weighted by Crippen LogP contribution is -1.91. The summed E-state index contributed by atoms with van der Waals surface area (Å²) >= 11 is 0. The zero-order valence-corrected chi connectivity index (χ0v) is 7.25. The number of hydrogen-bond acceptors (Lipinski definition) is 1. The number of carbonyl (C=O) groups is 1. The van der Waals surface area contributed by atoms with Crippen molar-refractivity contribution in [2.24, 2.45) is 0 Å². The lowest BCUT2D eigenvalue weighted by Gasteiger charge is -1.97. The fraction of sp³-hybridized carbons (Fsp3) is 0.182. The van der Waals surface area contributed by atoms with Crippen molar-refractivity contribution in [3.8, 4) is 0 Å². The Morgan fingerprint density at radius 1 is 1.08 bits per heavy atom. The average Bonchev–Trinajstić information content (AvgIpc) is 2.11. The summed E-state index contributed by atoms with van der Waals surface area (Å²) in [6.45, 7) is 10.6. The summed E-state index contributed by atoms with van der Waals surface area (Å²) in [4.78, 5) is 10.8. The molecular weight excluding hydrogens is 148 g/mol. The van der Waals surface area contributed by atoms with E-state index < -0.39 is 0 Å². The Hall–Kier alpha value is -1.37. The van der Waals surface area contributed by atoms with Crippen molar-refractivity contribution in [3.05, 3.63) is 49.6 Å². The molecule has 0 aliphatic heterocycles. The minimum atomic E-state index is 0.0619. The van der Waals surface area contributed by atoms with Gasteiger partial charge in [0.15, 0.2) is 5.78 Å². The van der Waals surface area contributed by atoms with Crippen molar-refractivity contribution >= 4 is 5.78 Å². The average molecular weight is 162 g/mol. The summed E-state index contributed by atoms with van der Waals surface area (Å²) in [6.07, 6.45) is 7.82. The highest BCUT2D eigenvalue weighted by molar-refractivity contribution is 5.89. The van der Waals surface area contributed by atoms with Crippen LogP contribution in [0.25, 0.3) is 0 Å². The molecule has 12 heavy (non-hydrogen) atoms. The molecule has 0 aromatic rings. The largest absolute Gasteiger partial charge is 0.295 e. The zero-order valence-electron chi connectivity index (χ0n) is 7.25. The maximum Gasteiger partial charge on any atom is 0.155 e. The molecule has 0 heterocycles. The number of allylic oxidation sites excluding steroid dienone is 5. The zero-order chi connectivity index (χ0) is 9.40. The fourth-order valence-corrected chi connectivity index (χ4v) is 0.774. The second kappa shape index (κ2) is 6.35. The number of ketones is 1. The first kappa shape index (κ1) is 10.6. The van der Waals surface area contributed by atoms with Crippen molar-refractivity contribution in [2.75, 3.05) is 0 Å². The lowest BCUT2D eigenvalue weighted by molar-refractivity contribution is -0.114. The van der Waals surface area contributed by atoms with Gasteiger partial charge in [0.25, 0.3) is 0 Å².